The molecule has 1 atom stereocenters. The van der Waals surface area contributed by atoms with Gasteiger partial charge in [0.2, 0.25) is 0 Å². The molecule has 0 saturated carbocycles. The summed E-state index contributed by atoms with van der Waals surface area (Å²) in [5.41, 5.74) is 3.40. The average Bonchev–Trinajstić information content (AvgIpc) is 2.39. The summed E-state index contributed by atoms with van der Waals surface area (Å²) in [6, 6.07) is 10.4. The third-order valence-corrected chi connectivity index (χ3v) is 5.75. The minimum Gasteiger partial charge on any atom is -0.496 e. The molecule has 0 aliphatic carbocycles. The van der Waals surface area contributed by atoms with Crippen LogP contribution in [0.1, 0.15) is 21.5 Å². The smallest absolute Gasteiger partial charge is 0.123 e. The second-order valence-electron chi connectivity index (χ2n) is 4.41. The molecule has 2 rings (SSSR count). The molecule has 0 N–H and O–H groups in total. The molecule has 0 spiro atoms. The molecular weight excluding hydrogens is 516 g/mol. The van der Waals surface area contributed by atoms with Crippen LogP contribution in [0.4, 0.5) is 0 Å². The summed E-state index contributed by atoms with van der Waals surface area (Å²) in [6.07, 6.45) is 0. The van der Waals surface area contributed by atoms with Crippen molar-refractivity contribution in [1.82, 2.24) is 0 Å². The van der Waals surface area contributed by atoms with Gasteiger partial charge in [0.25, 0.3) is 0 Å². The zero-order valence-corrected chi connectivity index (χ0v) is 17.2. The maximum atomic E-state index is 5.51. The number of hydrogen-bond donors (Lipinski definition) is 0. The molecule has 0 aliphatic heterocycles. The van der Waals surface area contributed by atoms with Crippen LogP contribution in [0.2, 0.25) is 0 Å². The van der Waals surface area contributed by atoms with Crippen LogP contribution >= 0.6 is 63.7 Å². The van der Waals surface area contributed by atoms with Crippen LogP contribution in [-0.2, 0) is 0 Å². The van der Waals surface area contributed by atoms with E-state index in [9.17, 15) is 0 Å². The van der Waals surface area contributed by atoms with E-state index in [0.717, 1.165) is 35.9 Å². The lowest BCUT2D eigenvalue weighted by Gasteiger charge is -2.17. The summed E-state index contributed by atoms with van der Waals surface area (Å²) < 4.78 is 8.66. The van der Waals surface area contributed by atoms with Crippen LogP contribution in [0.5, 0.6) is 5.75 Å². The Morgan fingerprint density at radius 1 is 0.950 bits per heavy atom. The molecule has 1 unspecified atom stereocenters. The van der Waals surface area contributed by atoms with Crippen LogP contribution < -0.4 is 4.74 Å². The lowest BCUT2D eigenvalue weighted by molar-refractivity contribution is 0.410. The largest absolute Gasteiger partial charge is 0.496 e. The third kappa shape index (κ3) is 3.67. The quantitative estimate of drug-likeness (QED) is 0.400. The van der Waals surface area contributed by atoms with E-state index in [0.29, 0.717) is 0 Å². The Kier molecular flexibility index (Phi) is 5.74. The number of rotatable bonds is 3. The van der Waals surface area contributed by atoms with Gasteiger partial charge >= 0.3 is 0 Å². The SMILES string of the molecule is COc1cc(C)c(Br)cc1C(Br)c1cc(Br)cc(Br)c1. The van der Waals surface area contributed by atoms with Crippen LogP contribution in [0.3, 0.4) is 0 Å². The fourth-order valence-corrected chi connectivity index (χ4v) is 4.26. The molecule has 0 heterocycles. The van der Waals surface area contributed by atoms with Crippen LogP contribution in [0, 0.1) is 6.92 Å². The monoisotopic (exact) mass is 524 g/mol. The van der Waals surface area contributed by atoms with E-state index in [4.69, 9.17) is 4.74 Å². The lowest BCUT2D eigenvalue weighted by atomic mass is 10.0. The number of halogens is 4. The van der Waals surface area contributed by atoms with Crippen molar-refractivity contribution in [3.63, 3.8) is 0 Å². The highest BCUT2D eigenvalue weighted by Crippen LogP contribution is 2.40. The second-order valence-corrected chi connectivity index (χ2v) is 8.01. The zero-order chi connectivity index (χ0) is 14.9. The number of alkyl halides is 1. The van der Waals surface area contributed by atoms with Crippen LogP contribution in [-0.4, -0.2) is 7.11 Å². The van der Waals surface area contributed by atoms with Crippen molar-refractivity contribution in [2.24, 2.45) is 0 Å². The molecule has 0 amide bonds. The fraction of sp³-hybridized carbons (Fsp3) is 0.200. The van der Waals surface area contributed by atoms with Gasteiger partial charge in [-0.1, -0.05) is 63.7 Å². The van der Waals surface area contributed by atoms with E-state index in [1.54, 1.807) is 7.11 Å². The van der Waals surface area contributed by atoms with Gasteiger partial charge in [-0.2, -0.15) is 0 Å². The van der Waals surface area contributed by atoms with E-state index in [1.807, 2.05) is 12.1 Å². The summed E-state index contributed by atoms with van der Waals surface area (Å²) in [7, 11) is 1.70. The molecule has 5 heteroatoms. The van der Waals surface area contributed by atoms with Crippen molar-refractivity contribution in [2.75, 3.05) is 7.11 Å². The predicted molar refractivity (Wildman–Crippen MR) is 98.0 cm³/mol. The Morgan fingerprint density at radius 3 is 2.10 bits per heavy atom. The lowest BCUT2D eigenvalue weighted by Crippen LogP contribution is -1.98. The van der Waals surface area contributed by atoms with Gasteiger partial charge in [-0.05, 0) is 48.4 Å². The Hall–Kier alpha value is 0.160. The van der Waals surface area contributed by atoms with E-state index in [1.165, 1.54) is 0 Å². The topological polar surface area (TPSA) is 9.23 Å². The summed E-state index contributed by atoms with van der Waals surface area (Å²) in [6.45, 7) is 2.05. The summed E-state index contributed by atoms with van der Waals surface area (Å²) in [4.78, 5) is 0.0585. The maximum absolute atomic E-state index is 5.51. The Bertz CT molecular complexity index is 620. The molecule has 0 aliphatic rings. The van der Waals surface area contributed by atoms with Gasteiger partial charge in [0.05, 0.1) is 11.9 Å². The van der Waals surface area contributed by atoms with Gasteiger partial charge < -0.3 is 4.74 Å². The number of hydrogen-bond acceptors (Lipinski definition) is 1. The highest BCUT2D eigenvalue weighted by atomic mass is 79.9. The van der Waals surface area contributed by atoms with Gasteiger partial charge in [-0.25, -0.2) is 0 Å². The minimum absolute atomic E-state index is 0.0585. The standard InChI is InChI=1S/C15H12Br4O/c1-8-3-14(20-2)12(7-13(8)18)15(19)9-4-10(16)6-11(17)5-9/h3-7,15H,1-2H3. The Morgan fingerprint density at radius 2 is 1.55 bits per heavy atom. The van der Waals surface area contributed by atoms with E-state index in [-0.39, 0.29) is 4.83 Å². The first kappa shape index (κ1) is 16.5. The molecule has 0 bridgehead atoms. The second kappa shape index (κ2) is 6.95. The van der Waals surface area contributed by atoms with Crippen LogP contribution in [0.25, 0.3) is 0 Å². The average molecular weight is 528 g/mol. The number of aryl methyl sites for hydroxylation is 1. The van der Waals surface area contributed by atoms with Crippen molar-refractivity contribution in [3.05, 3.63) is 60.4 Å². The third-order valence-electron chi connectivity index (χ3n) is 2.96. The number of benzene rings is 2. The fourth-order valence-electron chi connectivity index (χ4n) is 1.95. The van der Waals surface area contributed by atoms with Crippen molar-refractivity contribution >= 4 is 63.7 Å². The van der Waals surface area contributed by atoms with Crippen molar-refractivity contribution in [3.8, 4) is 5.75 Å². The first-order valence-corrected chi connectivity index (χ1v) is 9.16. The molecule has 0 radical (unpaired) electrons. The Labute approximate surface area is 152 Å². The molecule has 2 aromatic rings. The number of ether oxygens (including phenoxy) is 1. The molecular formula is C15H12Br4O. The first-order valence-electron chi connectivity index (χ1n) is 5.86. The molecule has 1 nitrogen and oxygen atoms in total. The summed E-state index contributed by atoms with van der Waals surface area (Å²) in [5.74, 6) is 0.878. The Balaban J connectivity index is 2.52. The molecule has 0 saturated heterocycles. The van der Waals surface area contributed by atoms with Crippen molar-refractivity contribution in [1.29, 1.82) is 0 Å². The normalized spacial score (nSPS) is 12.3. The van der Waals surface area contributed by atoms with Gasteiger partial charge in [-0.3, -0.25) is 0 Å². The molecule has 0 aromatic heterocycles. The summed E-state index contributed by atoms with van der Waals surface area (Å²) >= 11 is 14.4. The number of methoxy groups -OCH3 is 1. The first-order chi connectivity index (χ1) is 9.42. The van der Waals surface area contributed by atoms with E-state index >= 15 is 0 Å². The molecule has 106 valence electrons. The van der Waals surface area contributed by atoms with Crippen molar-refractivity contribution in [2.45, 2.75) is 11.8 Å². The van der Waals surface area contributed by atoms with E-state index < -0.39 is 0 Å². The van der Waals surface area contributed by atoms with Gasteiger partial charge in [0, 0.05) is 19.0 Å². The molecule has 2 aromatic carbocycles. The van der Waals surface area contributed by atoms with Gasteiger partial charge in [0.15, 0.2) is 0 Å². The van der Waals surface area contributed by atoms with Crippen LogP contribution in [0.15, 0.2) is 43.7 Å². The van der Waals surface area contributed by atoms with Crippen molar-refractivity contribution < 1.29 is 4.74 Å². The predicted octanol–water partition coefficient (Wildman–Crippen LogP) is 6.78. The maximum Gasteiger partial charge on any atom is 0.123 e. The summed E-state index contributed by atoms with van der Waals surface area (Å²) in [5, 5.41) is 0. The minimum atomic E-state index is 0.0585. The van der Waals surface area contributed by atoms with Gasteiger partial charge in [0.1, 0.15) is 5.75 Å². The highest BCUT2D eigenvalue weighted by molar-refractivity contribution is 9.11. The zero-order valence-electron chi connectivity index (χ0n) is 10.9. The molecule has 0 fully saturated rings. The molecule has 20 heavy (non-hydrogen) atoms. The van der Waals surface area contributed by atoms with Gasteiger partial charge in [-0.15, -0.1) is 0 Å². The highest BCUT2D eigenvalue weighted by Gasteiger charge is 2.17. The van der Waals surface area contributed by atoms with E-state index in [2.05, 4.69) is 88.8 Å².